The smallest absolute Gasteiger partial charge is 0.156 e. The van der Waals surface area contributed by atoms with Crippen LogP contribution in [0.25, 0.3) is 0 Å². The van der Waals surface area contributed by atoms with Crippen LogP contribution in [-0.2, 0) is 4.79 Å². The van der Waals surface area contributed by atoms with Crippen molar-refractivity contribution in [3.8, 4) is 0 Å². The van der Waals surface area contributed by atoms with E-state index in [0.717, 1.165) is 25.0 Å². The van der Waals surface area contributed by atoms with Crippen molar-refractivity contribution >= 4 is 6.29 Å². The number of carbonyl (C=O) groups is 1. The Morgan fingerprint density at radius 3 is 1.37 bits per heavy atom. The van der Waals surface area contributed by atoms with Gasteiger partial charge in [-0.05, 0) is 32.6 Å². The van der Waals surface area contributed by atoms with Crippen molar-refractivity contribution in [2.75, 3.05) is 0 Å². The monoisotopic (exact) mass is 278 g/mol. The molecular weight excluding hydrogens is 240 g/mol. The van der Waals surface area contributed by atoms with Gasteiger partial charge in [0, 0.05) is 5.92 Å². The lowest BCUT2D eigenvalue weighted by molar-refractivity contribution is -0.127. The largest absolute Gasteiger partial charge is 0.366 e. The topological polar surface area (TPSA) is 57.5 Å². The SMILES string of the molecule is CC.CC.CC.CC(C)(O)O.CC1CCC(C=O)C1. The molecule has 1 rings (SSSR count). The molecule has 3 nitrogen and oxygen atoms in total. The first-order valence-electron chi connectivity index (χ1n) is 7.73. The molecule has 1 fully saturated rings. The summed E-state index contributed by atoms with van der Waals surface area (Å²) in [5.74, 6) is -0.310. The molecule has 2 N–H and O–H groups in total. The minimum absolute atomic E-state index is 0.394. The first-order chi connectivity index (χ1) is 8.83. The van der Waals surface area contributed by atoms with Gasteiger partial charge in [-0.2, -0.15) is 0 Å². The van der Waals surface area contributed by atoms with Crippen LogP contribution in [0.1, 0.15) is 81.6 Å². The molecule has 0 bridgehead atoms. The summed E-state index contributed by atoms with van der Waals surface area (Å²) < 4.78 is 0. The van der Waals surface area contributed by atoms with Gasteiger partial charge in [-0.1, -0.05) is 54.9 Å². The van der Waals surface area contributed by atoms with Gasteiger partial charge in [-0.15, -0.1) is 0 Å². The van der Waals surface area contributed by atoms with Crippen LogP contribution in [0.2, 0.25) is 0 Å². The maximum absolute atomic E-state index is 10.2. The van der Waals surface area contributed by atoms with Crippen molar-refractivity contribution in [1.82, 2.24) is 0 Å². The number of rotatable bonds is 1. The minimum Gasteiger partial charge on any atom is -0.366 e. The summed E-state index contributed by atoms with van der Waals surface area (Å²) in [7, 11) is 0. The molecule has 2 atom stereocenters. The third-order valence-electron chi connectivity index (χ3n) is 1.93. The molecule has 0 spiro atoms. The quantitative estimate of drug-likeness (QED) is 0.552. The molecule has 0 aromatic carbocycles. The summed E-state index contributed by atoms with van der Waals surface area (Å²) in [4.78, 5) is 10.2. The molecule has 1 aliphatic carbocycles. The zero-order valence-electron chi connectivity index (χ0n) is 14.7. The summed E-state index contributed by atoms with van der Waals surface area (Å²) in [6.45, 7) is 16.8. The van der Waals surface area contributed by atoms with Crippen molar-refractivity contribution in [2.45, 2.75) is 87.4 Å². The van der Waals surface area contributed by atoms with Gasteiger partial charge in [-0.3, -0.25) is 0 Å². The molecule has 1 aliphatic rings. The standard InChI is InChI=1S/C7H12O.C3H8O2.3C2H6/c1-6-2-3-7(4-6)5-8;1-3(2,4)5;3*1-2/h5-7H,2-4H2,1H3;4-5H,1-2H3;3*1-2H3. The second-order valence-corrected chi connectivity index (χ2v) is 4.31. The summed E-state index contributed by atoms with van der Waals surface area (Å²) in [5.41, 5.74) is 0. The van der Waals surface area contributed by atoms with Gasteiger partial charge in [0.15, 0.2) is 5.79 Å². The Bertz CT molecular complexity index is 145. The van der Waals surface area contributed by atoms with Gasteiger partial charge in [0.05, 0.1) is 0 Å². The van der Waals surface area contributed by atoms with Gasteiger partial charge in [-0.25, -0.2) is 0 Å². The van der Waals surface area contributed by atoms with E-state index in [1.165, 1.54) is 20.3 Å². The predicted molar refractivity (Wildman–Crippen MR) is 85.1 cm³/mol. The van der Waals surface area contributed by atoms with E-state index in [0.29, 0.717) is 5.92 Å². The molecule has 0 amide bonds. The lowest BCUT2D eigenvalue weighted by atomic mass is 10.1. The van der Waals surface area contributed by atoms with Crippen molar-refractivity contribution < 1.29 is 15.0 Å². The molecule has 0 radical (unpaired) electrons. The van der Waals surface area contributed by atoms with Gasteiger partial charge >= 0.3 is 0 Å². The zero-order valence-corrected chi connectivity index (χ0v) is 14.7. The van der Waals surface area contributed by atoms with Crippen LogP contribution in [0.15, 0.2) is 0 Å². The van der Waals surface area contributed by atoms with E-state index < -0.39 is 5.79 Å². The fourth-order valence-electron chi connectivity index (χ4n) is 1.37. The van der Waals surface area contributed by atoms with E-state index in [1.807, 2.05) is 41.5 Å². The zero-order chi connectivity index (χ0) is 16.5. The Hall–Kier alpha value is -0.410. The van der Waals surface area contributed by atoms with Crippen LogP contribution in [0.4, 0.5) is 0 Å². The highest BCUT2D eigenvalue weighted by atomic mass is 16.5. The highest BCUT2D eigenvalue weighted by Crippen LogP contribution is 2.28. The van der Waals surface area contributed by atoms with Crippen LogP contribution < -0.4 is 0 Å². The fourth-order valence-corrected chi connectivity index (χ4v) is 1.37. The third-order valence-corrected chi connectivity index (χ3v) is 1.93. The van der Waals surface area contributed by atoms with Crippen molar-refractivity contribution in [3.05, 3.63) is 0 Å². The van der Waals surface area contributed by atoms with E-state index >= 15 is 0 Å². The summed E-state index contributed by atoms with van der Waals surface area (Å²) >= 11 is 0. The van der Waals surface area contributed by atoms with Crippen LogP contribution in [-0.4, -0.2) is 22.3 Å². The van der Waals surface area contributed by atoms with E-state index in [2.05, 4.69) is 6.92 Å². The summed E-state index contributed by atoms with van der Waals surface area (Å²) in [6.07, 6.45) is 4.61. The Kier molecular flexibility index (Phi) is 28.3. The highest BCUT2D eigenvalue weighted by molar-refractivity contribution is 5.53. The maximum Gasteiger partial charge on any atom is 0.156 e. The molecule has 0 aromatic rings. The van der Waals surface area contributed by atoms with Gasteiger partial charge in [0.2, 0.25) is 0 Å². The van der Waals surface area contributed by atoms with Crippen LogP contribution in [0, 0.1) is 11.8 Å². The minimum atomic E-state index is -1.50. The van der Waals surface area contributed by atoms with Crippen LogP contribution >= 0.6 is 0 Å². The molecule has 3 heteroatoms. The van der Waals surface area contributed by atoms with E-state index in [-0.39, 0.29) is 0 Å². The molecule has 1 saturated carbocycles. The van der Waals surface area contributed by atoms with E-state index in [9.17, 15) is 4.79 Å². The molecule has 0 aliphatic heterocycles. The number of aliphatic hydroxyl groups is 2. The fraction of sp³-hybridized carbons (Fsp3) is 0.938. The first-order valence-corrected chi connectivity index (χ1v) is 7.73. The van der Waals surface area contributed by atoms with Crippen LogP contribution in [0.3, 0.4) is 0 Å². The Morgan fingerprint density at radius 1 is 0.947 bits per heavy atom. The molecule has 2 unspecified atom stereocenters. The second-order valence-electron chi connectivity index (χ2n) is 4.31. The number of carbonyl (C=O) groups excluding carboxylic acids is 1. The van der Waals surface area contributed by atoms with Crippen molar-refractivity contribution in [3.63, 3.8) is 0 Å². The second kappa shape index (κ2) is 19.9. The van der Waals surface area contributed by atoms with Gasteiger partial charge < -0.3 is 15.0 Å². The lowest BCUT2D eigenvalue weighted by Gasteiger charge is -2.03. The van der Waals surface area contributed by atoms with Crippen LogP contribution in [0.5, 0.6) is 0 Å². The highest BCUT2D eigenvalue weighted by Gasteiger charge is 2.19. The molecule has 0 heterocycles. The molecular formula is C16H38O3. The Morgan fingerprint density at radius 2 is 1.26 bits per heavy atom. The first kappa shape index (κ1) is 27.0. The number of hydrogen-bond acceptors (Lipinski definition) is 3. The van der Waals surface area contributed by atoms with E-state index in [4.69, 9.17) is 10.2 Å². The molecule has 0 aromatic heterocycles. The van der Waals surface area contributed by atoms with E-state index in [1.54, 1.807) is 0 Å². The van der Waals surface area contributed by atoms with Gasteiger partial charge in [0.1, 0.15) is 6.29 Å². The molecule has 0 saturated heterocycles. The number of aldehydes is 1. The predicted octanol–water partition coefficient (Wildman–Crippen LogP) is 4.41. The van der Waals surface area contributed by atoms with Gasteiger partial charge in [0.25, 0.3) is 0 Å². The van der Waals surface area contributed by atoms with Crippen molar-refractivity contribution in [2.24, 2.45) is 11.8 Å². The Labute approximate surface area is 121 Å². The third kappa shape index (κ3) is 38.1. The normalized spacial score (nSPS) is 19.9. The Balaban J connectivity index is -0.0000000892. The number of hydrogen-bond donors (Lipinski definition) is 2. The summed E-state index contributed by atoms with van der Waals surface area (Å²) in [5, 5.41) is 16.2. The summed E-state index contributed by atoms with van der Waals surface area (Å²) in [6, 6.07) is 0. The average molecular weight is 278 g/mol. The maximum atomic E-state index is 10.2. The molecule has 120 valence electrons. The van der Waals surface area contributed by atoms with Crippen molar-refractivity contribution in [1.29, 1.82) is 0 Å². The average Bonchev–Trinajstić information content (AvgIpc) is 2.81. The molecule has 19 heavy (non-hydrogen) atoms. The lowest BCUT2D eigenvalue weighted by Crippen LogP contribution is -2.15.